The molecule has 0 spiro atoms. The lowest BCUT2D eigenvalue weighted by Crippen LogP contribution is -2.24. The van der Waals surface area contributed by atoms with Crippen molar-refractivity contribution >= 4 is 11.6 Å². The molecule has 3 rings (SSSR count). The highest BCUT2D eigenvalue weighted by molar-refractivity contribution is 5.93. The molecule has 0 saturated carbocycles. The maximum Gasteiger partial charge on any atom is 0.249 e. The number of nitrogens with zero attached hydrogens (tertiary/aromatic N) is 6. The lowest BCUT2D eigenvalue weighted by Gasteiger charge is -2.11. The molecule has 1 amide bonds. The highest BCUT2D eigenvalue weighted by atomic mass is 16.2. The van der Waals surface area contributed by atoms with Crippen molar-refractivity contribution in [1.82, 2.24) is 35.4 Å². The number of rotatable bonds is 4. The van der Waals surface area contributed by atoms with E-state index in [0.29, 0.717) is 11.5 Å². The Labute approximate surface area is 125 Å². The molecule has 0 aliphatic rings. The maximum absolute atomic E-state index is 12.1. The topological polar surface area (TPSA) is 114 Å². The molecule has 9 nitrogen and oxygen atoms in total. The second-order valence-electron chi connectivity index (χ2n) is 4.78. The fourth-order valence-corrected chi connectivity index (χ4v) is 1.89. The predicted octanol–water partition coefficient (Wildman–Crippen LogP) is 0.966. The van der Waals surface area contributed by atoms with Gasteiger partial charge in [0.15, 0.2) is 5.82 Å². The molecule has 3 aromatic rings. The minimum absolute atomic E-state index is 0.200. The predicted molar refractivity (Wildman–Crippen MR) is 77.7 cm³/mol. The molecule has 0 aliphatic heterocycles. The fourth-order valence-electron chi connectivity index (χ4n) is 1.89. The van der Waals surface area contributed by atoms with Crippen molar-refractivity contribution in [2.24, 2.45) is 0 Å². The molecule has 2 N–H and O–H groups in total. The number of carbonyl (C=O) groups excluding carboxylic acids is 1. The number of hydrogen-bond acceptors (Lipinski definition) is 6. The quantitative estimate of drug-likeness (QED) is 0.741. The molecule has 22 heavy (non-hydrogen) atoms. The highest BCUT2D eigenvalue weighted by Gasteiger charge is 2.16. The minimum Gasteiger partial charge on any atom is -0.324 e. The van der Waals surface area contributed by atoms with Gasteiger partial charge in [0.2, 0.25) is 5.91 Å². The van der Waals surface area contributed by atoms with Crippen LogP contribution < -0.4 is 5.32 Å². The van der Waals surface area contributed by atoms with Crippen LogP contribution in [0.2, 0.25) is 0 Å². The molecule has 2 aromatic heterocycles. The summed E-state index contributed by atoms with van der Waals surface area (Å²) in [5, 5.41) is 20.4. The van der Waals surface area contributed by atoms with Crippen molar-refractivity contribution < 1.29 is 4.79 Å². The third-order valence-electron chi connectivity index (χ3n) is 3.15. The zero-order chi connectivity index (χ0) is 15.5. The van der Waals surface area contributed by atoms with Crippen LogP contribution in [0.15, 0.2) is 30.6 Å². The molecule has 0 bridgehead atoms. The molecular formula is C13H14N8O. The number of tetrazole rings is 1. The molecule has 2 heterocycles. The summed E-state index contributed by atoms with van der Waals surface area (Å²) in [6, 6.07) is 6.79. The van der Waals surface area contributed by atoms with Gasteiger partial charge in [0.05, 0.1) is 0 Å². The zero-order valence-electron chi connectivity index (χ0n) is 12.1. The summed E-state index contributed by atoms with van der Waals surface area (Å²) in [6.07, 6.45) is 1.40. The Morgan fingerprint density at radius 1 is 1.32 bits per heavy atom. The first kappa shape index (κ1) is 13.9. The van der Waals surface area contributed by atoms with Crippen LogP contribution in [-0.2, 0) is 4.79 Å². The van der Waals surface area contributed by atoms with Gasteiger partial charge in [0.25, 0.3) is 0 Å². The summed E-state index contributed by atoms with van der Waals surface area (Å²) in [6.45, 7) is 3.56. The number of carbonyl (C=O) groups is 1. The number of hydrogen-bond donors (Lipinski definition) is 2. The van der Waals surface area contributed by atoms with E-state index in [1.54, 1.807) is 19.1 Å². The number of H-pyrrole nitrogens is 1. The Balaban J connectivity index is 1.69. The number of anilines is 1. The first-order valence-electron chi connectivity index (χ1n) is 6.66. The molecule has 9 heteroatoms. The maximum atomic E-state index is 12.1. The van der Waals surface area contributed by atoms with Crippen LogP contribution in [0.4, 0.5) is 5.69 Å². The van der Waals surface area contributed by atoms with Crippen molar-refractivity contribution in [3.8, 4) is 11.4 Å². The van der Waals surface area contributed by atoms with E-state index in [1.807, 2.05) is 19.1 Å². The smallest absolute Gasteiger partial charge is 0.249 e. The SMILES string of the molecule is Cc1nc(-c2ccc(NC(=O)[C@H](C)n3cnnn3)cc2)n[nH]1. The van der Waals surface area contributed by atoms with Gasteiger partial charge in [-0.3, -0.25) is 9.89 Å². The lowest BCUT2D eigenvalue weighted by molar-refractivity contribution is -0.119. The van der Waals surface area contributed by atoms with Crippen LogP contribution in [-0.4, -0.2) is 41.3 Å². The van der Waals surface area contributed by atoms with Gasteiger partial charge in [-0.1, -0.05) is 0 Å². The second kappa shape index (κ2) is 5.72. The number of benzene rings is 1. The lowest BCUT2D eigenvalue weighted by atomic mass is 10.2. The standard InChI is InChI=1S/C13H14N8O/c1-8(21-7-14-19-20-21)13(22)16-11-5-3-10(4-6-11)12-15-9(2)17-18-12/h3-8H,1-2H3,(H,16,22)(H,15,17,18)/t8-/m0/s1. The summed E-state index contributed by atoms with van der Waals surface area (Å²) < 4.78 is 1.39. The van der Waals surface area contributed by atoms with E-state index in [4.69, 9.17) is 0 Å². The summed E-state index contributed by atoms with van der Waals surface area (Å²) in [5.41, 5.74) is 1.55. The van der Waals surface area contributed by atoms with Crippen LogP contribution in [0.3, 0.4) is 0 Å². The van der Waals surface area contributed by atoms with E-state index in [-0.39, 0.29) is 5.91 Å². The molecule has 0 saturated heterocycles. The van der Waals surface area contributed by atoms with Gasteiger partial charge in [-0.05, 0) is 48.5 Å². The molecule has 112 valence electrons. The fraction of sp³-hybridized carbons (Fsp3) is 0.231. The van der Waals surface area contributed by atoms with Crippen LogP contribution in [0.5, 0.6) is 0 Å². The first-order valence-corrected chi connectivity index (χ1v) is 6.66. The third-order valence-corrected chi connectivity index (χ3v) is 3.15. The number of aromatic amines is 1. The Kier molecular flexibility index (Phi) is 3.60. The molecule has 1 aromatic carbocycles. The Hall–Kier alpha value is -3.10. The molecule has 1 atom stereocenters. The Morgan fingerprint density at radius 2 is 2.09 bits per heavy atom. The van der Waals surface area contributed by atoms with Crippen molar-refractivity contribution in [2.75, 3.05) is 5.32 Å². The molecule has 0 unspecified atom stereocenters. The van der Waals surface area contributed by atoms with E-state index in [1.165, 1.54) is 11.0 Å². The van der Waals surface area contributed by atoms with Gasteiger partial charge in [-0.15, -0.1) is 5.10 Å². The van der Waals surface area contributed by atoms with Crippen LogP contribution in [0.25, 0.3) is 11.4 Å². The Morgan fingerprint density at radius 3 is 2.68 bits per heavy atom. The van der Waals surface area contributed by atoms with Crippen molar-refractivity contribution in [1.29, 1.82) is 0 Å². The Bertz CT molecular complexity index is 762. The van der Waals surface area contributed by atoms with Gasteiger partial charge in [-0.2, -0.15) is 5.10 Å². The summed E-state index contributed by atoms with van der Waals surface area (Å²) in [5.74, 6) is 1.17. The number of amides is 1. The van der Waals surface area contributed by atoms with Crippen molar-refractivity contribution in [3.05, 3.63) is 36.4 Å². The average Bonchev–Trinajstić information content (AvgIpc) is 3.18. The van der Waals surface area contributed by atoms with Gasteiger partial charge >= 0.3 is 0 Å². The van der Waals surface area contributed by atoms with Gasteiger partial charge in [0.1, 0.15) is 18.2 Å². The summed E-state index contributed by atoms with van der Waals surface area (Å²) >= 11 is 0. The van der Waals surface area contributed by atoms with Crippen LogP contribution in [0, 0.1) is 6.92 Å². The second-order valence-corrected chi connectivity index (χ2v) is 4.78. The van der Waals surface area contributed by atoms with Gasteiger partial charge < -0.3 is 5.32 Å². The zero-order valence-corrected chi connectivity index (χ0v) is 12.1. The van der Waals surface area contributed by atoms with E-state index < -0.39 is 6.04 Å². The molecule has 0 aliphatic carbocycles. The highest BCUT2D eigenvalue weighted by Crippen LogP contribution is 2.18. The van der Waals surface area contributed by atoms with E-state index in [0.717, 1.165) is 11.4 Å². The number of aryl methyl sites for hydroxylation is 1. The largest absolute Gasteiger partial charge is 0.324 e. The molecule has 0 radical (unpaired) electrons. The van der Waals surface area contributed by atoms with Crippen molar-refractivity contribution in [2.45, 2.75) is 19.9 Å². The first-order chi connectivity index (χ1) is 10.6. The van der Waals surface area contributed by atoms with Gasteiger partial charge in [0, 0.05) is 11.3 Å². The van der Waals surface area contributed by atoms with E-state index in [2.05, 4.69) is 36.0 Å². The van der Waals surface area contributed by atoms with Crippen LogP contribution in [0.1, 0.15) is 18.8 Å². The average molecular weight is 298 g/mol. The third kappa shape index (κ3) is 2.82. The molecule has 0 fully saturated rings. The summed E-state index contributed by atoms with van der Waals surface area (Å²) in [4.78, 5) is 16.4. The monoisotopic (exact) mass is 298 g/mol. The number of aromatic nitrogens is 7. The van der Waals surface area contributed by atoms with E-state index >= 15 is 0 Å². The normalized spacial score (nSPS) is 12.1. The van der Waals surface area contributed by atoms with E-state index in [9.17, 15) is 4.79 Å². The summed E-state index contributed by atoms with van der Waals surface area (Å²) in [7, 11) is 0. The van der Waals surface area contributed by atoms with Crippen LogP contribution >= 0.6 is 0 Å². The van der Waals surface area contributed by atoms with Crippen molar-refractivity contribution in [3.63, 3.8) is 0 Å². The number of nitrogens with one attached hydrogen (secondary N) is 2. The minimum atomic E-state index is -0.495. The molecular weight excluding hydrogens is 284 g/mol. The van der Waals surface area contributed by atoms with Gasteiger partial charge in [-0.25, -0.2) is 9.67 Å².